The number of hydrogen-bond acceptors (Lipinski definition) is 3. The van der Waals surface area contributed by atoms with Gasteiger partial charge in [-0.3, -0.25) is 9.10 Å². The molecule has 26 heavy (non-hydrogen) atoms. The summed E-state index contributed by atoms with van der Waals surface area (Å²) in [5, 5.41) is 2.88. The summed E-state index contributed by atoms with van der Waals surface area (Å²) >= 11 is 0. The average Bonchev–Trinajstić information content (AvgIpc) is 2.58. The Labute approximate surface area is 156 Å². The molecule has 5 nitrogen and oxygen atoms in total. The number of carbonyl (C=O) groups excluding carboxylic acids is 1. The van der Waals surface area contributed by atoms with Gasteiger partial charge in [0.1, 0.15) is 6.54 Å². The molecule has 0 fully saturated rings. The van der Waals surface area contributed by atoms with E-state index < -0.39 is 10.0 Å². The number of nitrogens with zero attached hydrogens (tertiary/aromatic N) is 1. The largest absolute Gasteiger partial charge is 0.348 e. The van der Waals surface area contributed by atoms with Gasteiger partial charge in [-0.05, 0) is 49.1 Å². The van der Waals surface area contributed by atoms with Crippen molar-refractivity contribution in [3.8, 4) is 0 Å². The summed E-state index contributed by atoms with van der Waals surface area (Å²) in [6.07, 6.45) is 2.07. The van der Waals surface area contributed by atoms with Gasteiger partial charge in [0.25, 0.3) is 0 Å². The Morgan fingerprint density at radius 2 is 1.81 bits per heavy atom. The predicted octanol–water partition coefficient (Wildman–Crippen LogP) is 3.20. The Kier molecular flexibility index (Phi) is 6.42. The molecule has 140 valence electrons. The zero-order valence-corrected chi connectivity index (χ0v) is 16.5. The van der Waals surface area contributed by atoms with Crippen molar-refractivity contribution in [3.63, 3.8) is 0 Å². The number of anilines is 1. The van der Waals surface area contributed by atoms with Crippen molar-refractivity contribution in [1.82, 2.24) is 5.32 Å². The third-order valence-corrected chi connectivity index (χ3v) is 5.38. The third kappa shape index (κ3) is 5.33. The summed E-state index contributed by atoms with van der Waals surface area (Å²) in [5.74, 6) is -0.344. The Balaban J connectivity index is 2.11. The van der Waals surface area contributed by atoms with Crippen LogP contribution in [0.15, 0.2) is 48.5 Å². The minimum absolute atomic E-state index is 0.202. The molecule has 1 atom stereocenters. The number of sulfonamides is 1. The van der Waals surface area contributed by atoms with E-state index in [4.69, 9.17) is 0 Å². The summed E-state index contributed by atoms with van der Waals surface area (Å²) < 4.78 is 25.4. The lowest BCUT2D eigenvalue weighted by atomic mass is 10.1. The van der Waals surface area contributed by atoms with Gasteiger partial charge in [0, 0.05) is 0 Å². The van der Waals surface area contributed by atoms with E-state index in [1.54, 1.807) is 18.2 Å². The maximum absolute atomic E-state index is 12.4. The summed E-state index contributed by atoms with van der Waals surface area (Å²) in [6.45, 7) is 5.60. The quantitative estimate of drug-likeness (QED) is 0.809. The minimum Gasteiger partial charge on any atom is -0.348 e. The first-order valence-electron chi connectivity index (χ1n) is 8.63. The molecular formula is C20H26N2O3S. The molecule has 0 unspecified atom stereocenters. The van der Waals surface area contributed by atoms with Gasteiger partial charge in [-0.15, -0.1) is 0 Å². The number of aryl methyl sites for hydroxylation is 2. The fourth-order valence-corrected chi connectivity index (χ4v) is 3.57. The van der Waals surface area contributed by atoms with Crippen molar-refractivity contribution in [2.75, 3.05) is 17.1 Å². The minimum atomic E-state index is -3.57. The van der Waals surface area contributed by atoms with Crippen LogP contribution in [0.3, 0.4) is 0 Å². The molecule has 0 aromatic heterocycles. The molecule has 0 aliphatic heterocycles. The normalized spacial score (nSPS) is 12.5. The van der Waals surface area contributed by atoms with E-state index in [-0.39, 0.29) is 18.5 Å². The van der Waals surface area contributed by atoms with E-state index in [2.05, 4.69) is 12.2 Å². The van der Waals surface area contributed by atoms with Crippen LogP contribution in [0, 0.1) is 6.92 Å². The lowest BCUT2D eigenvalue weighted by molar-refractivity contribution is -0.120. The van der Waals surface area contributed by atoms with Crippen LogP contribution in [0.2, 0.25) is 0 Å². The summed E-state index contributed by atoms with van der Waals surface area (Å²) in [5.41, 5.74) is 3.63. The molecule has 0 saturated carbocycles. The monoisotopic (exact) mass is 374 g/mol. The molecule has 0 bridgehead atoms. The van der Waals surface area contributed by atoms with E-state index in [9.17, 15) is 13.2 Å². The molecule has 1 N–H and O–H groups in total. The third-order valence-electron chi connectivity index (χ3n) is 4.24. The van der Waals surface area contributed by atoms with Gasteiger partial charge >= 0.3 is 0 Å². The molecule has 0 aliphatic rings. The van der Waals surface area contributed by atoms with Crippen LogP contribution in [0.4, 0.5) is 5.69 Å². The van der Waals surface area contributed by atoms with Gasteiger partial charge in [0.05, 0.1) is 18.0 Å². The van der Waals surface area contributed by atoms with E-state index in [1.165, 1.54) is 5.56 Å². The van der Waals surface area contributed by atoms with Gasteiger partial charge in [-0.1, -0.05) is 43.3 Å². The molecule has 2 aromatic rings. The van der Waals surface area contributed by atoms with Crippen LogP contribution in [-0.4, -0.2) is 27.1 Å². The van der Waals surface area contributed by atoms with Crippen LogP contribution >= 0.6 is 0 Å². The lowest BCUT2D eigenvalue weighted by Gasteiger charge is -2.23. The first kappa shape index (κ1) is 20.0. The summed E-state index contributed by atoms with van der Waals surface area (Å²) in [7, 11) is -3.57. The number of rotatable bonds is 7. The zero-order valence-electron chi connectivity index (χ0n) is 15.7. The van der Waals surface area contributed by atoms with Crippen LogP contribution in [-0.2, 0) is 21.2 Å². The molecule has 0 radical (unpaired) electrons. The number of benzene rings is 2. The fraction of sp³-hybridized carbons (Fsp3) is 0.350. The Morgan fingerprint density at radius 3 is 2.35 bits per heavy atom. The van der Waals surface area contributed by atoms with Crippen LogP contribution < -0.4 is 9.62 Å². The zero-order chi connectivity index (χ0) is 19.3. The SMILES string of the molecule is CCc1ccc([C@H](C)NC(=O)CN(c2cccc(C)c2)S(C)(=O)=O)cc1. The van der Waals surface area contributed by atoms with Gasteiger partial charge < -0.3 is 5.32 Å². The number of amides is 1. The number of nitrogens with one attached hydrogen (secondary N) is 1. The second-order valence-electron chi connectivity index (χ2n) is 6.49. The van der Waals surface area contributed by atoms with Gasteiger partial charge in [0.15, 0.2) is 0 Å². The Hall–Kier alpha value is -2.34. The van der Waals surface area contributed by atoms with Crippen LogP contribution in [0.5, 0.6) is 0 Å². The lowest BCUT2D eigenvalue weighted by Crippen LogP contribution is -2.41. The van der Waals surface area contributed by atoms with Crippen molar-refractivity contribution in [3.05, 3.63) is 65.2 Å². The van der Waals surface area contributed by atoms with Crippen LogP contribution in [0.25, 0.3) is 0 Å². The van der Waals surface area contributed by atoms with Crippen molar-refractivity contribution in [2.45, 2.75) is 33.2 Å². The highest BCUT2D eigenvalue weighted by Crippen LogP contribution is 2.19. The summed E-state index contributed by atoms with van der Waals surface area (Å²) in [6, 6.07) is 14.9. The Morgan fingerprint density at radius 1 is 1.15 bits per heavy atom. The van der Waals surface area contributed by atoms with Gasteiger partial charge in [-0.2, -0.15) is 0 Å². The molecule has 0 aliphatic carbocycles. The van der Waals surface area contributed by atoms with Crippen molar-refractivity contribution in [1.29, 1.82) is 0 Å². The fourth-order valence-electron chi connectivity index (χ4n) is 2.73. The first-order chi connectivity index (χ1) is 12.2. The van der Waals surface area contributed by atoms with E-state index >= 15 is 0 Å². The van der Waals surface area contributed by atoms with Crippen LogP contribution in [0.1, 0.15) is 36.6 Å². The maximum Gasteiger partial charge on any atom is 0.241 e. The van der Waals surface area contributed by atoms with Crippen molar-refractivity contribution < 1.29 is 13.2 Å². The standard InChI is InChI=1S/C20H26N2O3S/c1-5-17-9-11-18(12-10-17)16(3)21-20(23)14-22(26(4,24)25)19-8-6-7-15(2)13-19/h6-13,16H,5,14H2,1-4H3,(H,21,23)/t16-/m0/s1. The van der Waals surface area contributed by atoms with Gasteiger partial charge in [0.2, 0.25) is 15.9 Å². The smallest absolute Gasteiger partial charge is 0.241 e. The molecular weight excluding hydrogens is 348 g/mol. The molecule has 1 amide bonds. The molecule has 2 rings (SSSR count). The van der Waals surface area contributed by atoms with E-state index in [0.29, 0.717) is 5.69 Å². The van der Waals surface area contributed by atoms with Crippen molar-refractivity contribution >= 4 is 21.6 Å². The summed E-state index contributed by atoms with van der Waals surface area (Å²) in [4.78, 5) is 12.4. The number of carbonyl (C=O) groups is 1. The second-order valence-corrected chi connectivity index (χ2v) is 8.40. The predicted molar refractivity (Wildman–Crippen MR) is 106 cm³/mol. The highest BCUT2D eigenvalue weighted by molar-refractivity contribution is 7.92. The highest BCUT2D eigenvalue weighted by Gasteiger charge is 2.22. The van der Waals surface area contributed by atoms with Gasteiger partial charge in [-0.25, -0.2) is 8.42 Å². The second kappa shape index (κ2) is 8.36. The van der Waals surface area contributed by atoms with Crippen molar-refractivity contribution in [2.24, 2.45) is 0 Å². The molecule has 6 heteroatoms. The molecule has 0 heterocycles. The topological polar surface area (TPSA) is 66.5 Å². The molecule has 2 aromatic carbocycles. The highest BCUT2D eigenvalue weighted by atomic mass is 32.2. The average molecular weight is 375 g/mol. The van der Waals surface area contributed by atoms with E-state index in [1.807, 2.05) is 44.2 Å². The Bertz CT molecular complexity index is 861. The first-order valence-corrected chi connectivity index (χ1v) is 10.5. The number of hydrogen-bond donors (Lipinski definition) is 1. The molecule has 0 saturated heterocycles. The molecule has 0 spiro atoms. The van der Waals surface area contributed by atoms with E-state index in [0.717, 1.165) is 28.1 Å². The maximum atomic E-state index is 12.4.